The molecule has 0 bridgehead atoms. The van der Waals surface area contributed by atoms with E-state index < -0.39 is 27.2 Å². The molecule has 41 heavy (non-hydrogen) atoms. The molecule has 0 radical (unpaired) electrons. The number of benzene rings is 3. The summed E-state index contributed by atoms with van der Waals surface area (Å²) in [6, 6.07) is 19.1. The maximum absolute atomic E-state index is 14.2. The number of carbonyl (C=O) groups excluding carboxylic acids is 2. The summed E-state index contributed by atoms with van der Waals surface area (Å²) < 4.78 is 39.4. The standard InChI is InChI=1S/C28H24F3N5O4S/c29-28(30,31)19-10-11-23(24(16-19)36(39)40)33-14-12-32(13-15-33)18-34-22-9-5-4-8-21(22)27(26(34)38)35(25(37)17-41-27)20-6-2-1-3-7-20/h1-11,16H,12-15,17-18H2/t27-/m0/s1. The maximum atomic E-state index is 14.2. The quantitative estimate of drug-likeness (QED) is 0.319. The second-order valence-corrected chi connectivity index (χ2v) is 11.1. The molecule has 0 aliphatic carbocycles. The van der Waals surface area contributed by atoms with E-state index in [9.17, 15) is 32.9 Å². The lowest BCUT2D eigenvalue weighted by Gasteiger charge is -2.38. The zero-order chi connectivity index (χ0) is 28.9. The summed E-state index contributed by atoms with van der Waals surface area (Å²) in [5.74, 6) is -0.218. The molecule has 3 aliphatic heterocycles. The number of nitrogens with zero attached hydrogens (tertiary/aromatic N) is 5. The first-order valence-corrected chi connectivity index (χ1v) is 13.9. The smallest absolute Gasteiger partial charge is 0.363 e. The van der Waals surface area contributed by atoms with Crippen LogP contribution in [0.4, 0.5) is 35.9 Å². The molecule has 3 aromatic rings. The Bertz CT molecular complexity index is 1530. The fraction of sp³-hybridized carbons (Fsp3) is 0.286. The predicted octanol–water partition coefficient (Wildman–Crippen LogP) is 4.67. The molecule has 2 fully saturated rings. The van der Waals surface area contributed by atoms with Gasteiger partial charge in [0.05, 0.1) is 28.6 Å². The number of thioether (sulfide) groups is 1. The summed E-state index contributed by atoms with van der Waals surface area (Å²) in [7, 11) is 0. The van der Waals surface area contributed by atoms with Crippen molar-refractivity contribution in [3.05, 3.63) is 94.0 Å². The zero-order valence-corrected chi connectivity index (χ0v) is 22.4. The monoisotopic (exact) mass is 583 g/mol. The number of rotatable bonds is 5. The van der Waals surface area contributed by atoms with Crippen LogP contribution in [-0.2, 0) is 20.6 Å². The van der Waals surface area contributed by atoms with Crippen LogP contribution in [0.1, 0.15) is 11.1 Å². The van der Waals surface area contributed by atoms with Crippen LogP contribution in [0.15, 0.2) is 72.8 Å². The lowest BCUT2D eigenvalue weighted by Crippen LogP contribution is -2.54. The van der Waals surface area contributed by atoms with Gasteiger partial charge in [0.1, 0.15) is 5.69 Å². The van der Waals surface area contributed by atoms with Gasteiger partial charge in [-0.2, -0.15) is 13.2 Å². The molecule has 2 amide bonds. The minimum atomic E-state index is -4.68. The first-order valence-electron chi connectivity index (χ1n) is 12.9. The van der Waals surface area contributed by atoms with Gasteiger partial charge in [-0.15, -0.1) is 11.8 Å². The molecule has 0 unspecified atom stereocenters. The number of hydrogen-bond donors (Lipinski definition) is 0. The molecule has 0 saturated carbocycles. The van der Waals surface area contributed by atoms with Gasteiger partial charge in [-0.3, -0.25) is 34.4 Å². The van der Waals surface area contributed by atoms with Crippen LogP contribution in [0.5, 0.6) is 0 Å². The molecular formula is C28H24F3N5O4S. The number of fused-ring (bicyclic) bond motifs is 2. The summed E-state index contributed by atoms with van der Waals surface area (Å²) >= 11 is 1.30. The number of halogens is 3. The third-order valence-corrected chi connectivity index (χ3v) is 9.02. The van der Waals surface area contributed by atoms with E-state index in [-0.39, 0.29) is 29.9 Å². The normalized spacial score (nSPS) is 21.2. The Morgan fingerprint density at radius 2 is 1.59 bits per heavy atom. The molecule has 3 aliphatic rings. The summed E-state index contributed by atoms with van der Waals surface area (Å²) in [4.78, 5) is 43.9. The SMILES string of the molecule is O=C1CS[C@@]2(C(=O)N(CN3CCN(c4ccc(C(F)(F)F)cc4[N+](=O)[O-])CC3)c3ccccc32)N1c1ccccc1. The first-order chi connectivity index (χ1) is 19.6. The van der Waals surface area contributed by atoms with Gasteiger partial charge in [-0.25, -0.2) is 0 Å². The highest BCUT2D eigenvalue weighted by molar-refractivity contribution is 8.02. The number of piperazine rings is 1. The van der Waals surface area contributed by atoms with Crippen LogP contribution >= 0.6 is 11.8 Å². The number of amides is 2. The molecule has 2 saturated heterocycles. The van der Waals surface area contributed by atoms with Crippen molar-refractivity contribution < 1.29 is 27.7 Å². The molecular weight excluding hydrogens is 559 g/mol. The molecule has 13 heteroatoms. The minimum absolute atomic E-state index is 0.128. The Morgan fingerprint density at radius 1 is 0.902 bits per heavy atom. The Kier molecular flexibility index (Phi) is 6.65. The summed E-state index contributed by atoms with van der Waals surface area (Å²) in [5.41, 5.74) is 0.551. The van der Waals surface area contributed by atoms with Gasteiger partial charge in [0, 0.05) is 43.5 Å². The van der Waals surface area contributed by atoms with Gasteiger partial charge >= 0.3 is 6.18 Å². The molecule has 0 N–H and O–H groups in total. The fourth-order valence-electron chi connectivity index (χ4n) is 5.72. The zero-order valence-electron chi connectivity index (χ0n) is 21.6. The van der Waals surface area contributed by atoms with Crippen molar-refractivity contribution >= 4 is 46.3 Å². The second-order valence-electron chi connectivity index (χ2n) is 9.95. The van der Waals surface area contributed by atoms with E-state index in [4.69, 9.17) is 0 Å². The van der Waals surface area contributed by atoms with E-state index in [2.05, 4.69) is 0 Å². The van der Waals surface area contributed by atoms with Crippen LogP contribution in [0, 0.1) is 10.1 Å². The van der Waals surface area contributed by atoms with Gasteiger partial charge in [0.15, 0.2) is 0 Å². The predicted molar refractivity (Wildman–Crippen MR) is 149 cm³/mol. The third-order valence-electron chi connectivity index (χ3n) is 7.63. The van der Waals surface area contributed by atoms with Crippen LogP contribution in [-0.4, -0.2) is 60.2 Å². The highest BCUT2D eigenvalue weighted by Crippen LogP contribution is 2.55. The van der Waals surface area contributed by atoms with E-state index in [1.807, 2.05) is 59.5 Å². The van der Waals surface area contributed by atoms with Crippen molar-refractivity contribution in [3.8, 4) is 0 Å². The molecule has 9 nitrogen and oxygen atoms in total. The number of hydrogen-bond acceptors (Lipinski definition) is 7. The van der Waals surface area contributed by atoms with Gasteiger partial charge < -0.3 is 4.90 Å². The lowest BCUT2D eigenvalue weighted by atomic mass is 10.0. The molecule has 212 valence electrons. The summed E-state index contributed by atoms with van der Waals surface area (Å²) in [6.07, 6.45) is -4.68. The second kappa shape index (κ2) is 10.1. The van der Waals surface area contributed by atoms with Gasteiger partial charge in [0.25, 0.3) is 11.6 Å². The van der Waals surface area contributed by atoms with Crippen LogP contribution in [0.3, 0.4) is 0 Å². The van der Waals surface area contributed by atoms with E-state index in [1.54, 1.807) is 14.7 Å². The minimum Gasteiger partial charge on any atom is -0.363 e. The van der Waals surface area contributed by atoms with Crippen LogP contribution in [0.2, 0.25) is 0 Å². The van der Waals surface area contributed by atoms with E-state index in [0.717, 1.165) is 17.7 Å². The molecule has 3 heterocycles. The Balaban J connectivity index is 1.23. The summed E-state index contributed by atoms with van der Waals surface area (Å²) in [6.45, 7) is 1.73. The number of carbonyl (C=O) groups is 2. The highest BCUT2D eigenvalue weighted by atomic mass is 32.2. The number of para-hydroxylation sites is 2. The van der Waals surface area contributed by atoms with E-state index >= 15 is 0 Å². The van der Waals surface area contributed by atoms with Crippen molar-refractivity contribution in [2.24, 2.45) is 0 Å². The first kappa shape index (κ1) is 27.1. The van der Waals surface area contributed by atoms with Crippen molar-refractivity contribution in [1.82, 2.24) is 4.90 Å². The molecule has 1 spiro atoms. The van der Waals surface area contributed by atoms with Crippen molar-refractivity contribution in [2.75, 3.05) is 53.3 Å². The molecule has 3 aromatic carbocycles. The van der Waals surface area contributed by atoms with E-state index in [1.165, 1.54) is 11.8 Å². The van der Waals surface area contributed by atoms with Crippen molar-refractivity contribution in [2.45, 2.75) is 11.0 Å². The highest BCUT2D eigenvalue weighted by Gasteiger charge is 2.61. The van der Waals surface area contributed by atoms with Crippen LogP contribution in [0.25, 0.3) is 0 Å². The third kappa shape index (κ3) is 4.49. The summed E-state index contributed by atoms with van der Waals surface area (Å²) in [5, 5.41) is 11.6. The van der Waals surface area contributed by atoms with Crippen molar-refractivity contribution in [3.63, 3.8) is 0 Å². The Hall–Kier alpha value is -4.10. The van der Waals surface area contributed by atoms with Gasteiger partial charge in [-0.05, 0) is 30.3 Å². The average molecular weight is 584 g/mol. The largest absolute Gasteiger partial charge is 0.416 e. The molecule has 1 atom stereocenters. The maximum Gasteiger partial charge on any atom is 0.416 e. The number of nitro benzene ring substituents is 1. The average Bonchev–Trinajstić information content (AvgIpc) is 3.43. The van der Waals surface area contributed by atoms with Gasteiger partial charge in [0.2, 0.25) is 10.8 Å². The lowest BCUT2D eigenvalue weighted by molar-refractivity contribution is -0.384. The number of nitro groups is 1. The number of alkyl halides is 3. The number of anilines is 3. The molecule has 0 aromatic heterocycles. The van der Waals surface area contributed by atoms with Crippen molar-refractivity contribution in [1.29, 1.82) is 0 Å². The van der Waals surface area contributed by atoms with Gasteiger partial charge in [-0.1, -0.05) is 36.4 Å². The van der Waals surface area contributed by atoms with Crippen LogP contribution < -0.4 is 14.7 Å². The molecule has 6 rings (SSSR count). The van der Waals surface area contributed by atoms with E-state index in [0.29, 0.717) is 43.6 Å². The Morgan fingerprint density at radius 3 is 2.27 bits per heavy atom. The topological polar surface area (TPSA) is 90.2 Å². The Labute approximate surface area is 237 Å². The fourth-order valence-corrected chi connectivity index (χ4v) is 7.08.